The van der Waals surface area contributed by atoms with Gasteiger partial charge in [0.1, 0.15) is 0 Å². The Morgan fingerprint density at radius 2 is 1.50 bits per heavy atom. The van der Waals surface area contributed by atoms with Crippen LogP contribution < -0.4 is 5.32 Å². The monoisotopic (exact) mass is 192 g/mol. The van der Waals surface area contributed by atoms with Crippen molar-refractivity contribution in [3.8, 4) is 0 Å². The maximum absolute atomic E-state index is 3.93. The molecule has 79 valence electrons. The lowest BCUT2D eigenvalue weighted by Crippen LogP contribution is -2.54. The Labute approximate surface area is 87.7 Å². The molecule has 4 aliphatic rings. The highest BCUT2D eigenvalue weighted by molar-refractivity contribution is 5.01. The fraction of sp³-hybridized carbons (Fsp3) is 0.923. The summed E-state index contributed by atoms with van der Waals surface area (Å²) in [6, 6.07) is 0.865. The Morgan fingerprint density at radius 3 is 2.00 bits per heavy atom. The first-order chi connectivity index (χ1) is 6.86. The Morgan fingerprint density at radius 1 is 0.929 bits per heavy atom. The summed E-state index contributed by atoms with van der Waals surface area (Å²) in [6.07, 6.45) is 8.73. The molecule has 14 heavy (non-hydrogen) atoms. The van der Waals surface area contributed by atoms with Gasteiger partial charge in [0, 0.05) is 6.04 Å². The first kappa shape index (κ1) is 9.21. The van der Waals surface area contributed by atoms with Gasteiger partial charge in [-0.25, -0.2) is 0 Å². The first-order valence-electron chi connectivity index (χ1n) is 6.39. The lowest BCUT2D eigenvalue weighted by atomic mass is 9.54. The van der Waals surface area contributed by atoms with E-state index in [-0.39, 0.29) is 0 Å². The third-order valence-electron chi connectivity index (χ3n) is 4.78. The van der Waals surface area contributed by atoms with Crippen LogP contribution in [0.25, 0.3) is 0 Å². The van der Waals surface area contributed by atoms with E-state index in [1.807, 2.05) is 0 Å². The minimum atomic E-state index is 0.865. The second kappa shape index (κ2) is 3.52. The van der Waals surface area contributed by atoms with Gasteiger partial charge in [-0.15, -0.1) is 0 Å². The van der Waals surface area contributed by atoms with Crippen LogP contribution in [0.1, 0.15) is 38.5 Å². The van der Waals surface area contributed by atoms with E-state index >= 15 is 0 Å². The molecule has 4 rings (SSSR count). The third kappa shape index (κ3) is 1.41. The zero-order valence-electron chi connectivity index (χ0n) is 9.04. The highest BCUT2D eigenvalue weighted by Crippen LogP contribution is 2.53. The van der Waals surface area contributed by atoms with Crippen molar-refractivity contribution in [1.82, 2.24) is 5.32 Å². The molecule has 0 unspecified atom stereocenters. The predicted molar refractivity (Wildman–Crippen MR) is 58.8 cm³/mol. The van der Waals surface area contributed by atoms with Gasteiger partial charge in [-0.05, 0) is 68.7 Å². The molecule has 4 fully saturated rings. The van der Waals surface area contributed by atoms with Gasteiger partial charge in [-0.1, -0.05) is 6.92 Å². The van der Waals surface area contributed by atoms with E-state index in [1.165, 1.54) is 25.7 Å². The molecule has 0 aromatic heterocycles. The van der Waals surface area contributed by atoms with Crippen molar-refractivity contribution in [2.75, 3.05) is 6.54 Å². The van der Waals surface area contributed by atoms with Gasteiger partial charge in [-0.3, -0.25) is 0 Å². The van der Waals surface area contributed by atoms with Crippen LogP contribution in [0.2, 0.25) is 0 Å². The van der Waals surface area contributed by atoms with Crippen molar-refractivity contribution in [2.24, 2.45) is 23.7 Å². The summed E-state index contributed by atoms with van der Waals surface area (Å²) in [7, 11) is 0. The van der Waals surface area contributed by atoms with E-state index in [9.17, 15) is 0 Å². The quantitative estimate of drug-likeness (QED) is 0.725. The SMILES string of the molecule is [CH2]CCNC1C2CC3CC(C2)CC1C3. The molecule has 0 heterocycles. The summed E-state index contributed by atoms with van der Waals surface area (Å²) in [5.74, 6) is 4.27. The van der Waals surface area contributed by atoms with Crippen LogP contribution in [-0.4, -0.2) is 12.6 Å². The molecule has 0 aromatic rings. The van der Waals surface area contributed by atoms with Crippen LogP contribution in [0.5, 0.6) is 0 Å². The highest BCUT2D eigenvalue weighted by Gasteiger charge is 2.47. The van der Waals surface area contributed by atoms with E-state index in [2.05, 4.69) is 12.2 Å². The standard InChI is InChI=1S/C13H22N/c1-2-3-14-13-11-5-9-4-10(7-11)8-12(13)6-9/h9-14H,1-8H2. The van der Waals surface area contributed by atoms with Crippen LogP contribution in [-0.2, 0) is 0 Å². The Hall–Kier alpha value is -0.0400. The van der Waals surface area contributed by atoms with Crippen molar-refractivity contribution in [3.05, 3.63) is 6.92 Å². The lowest BCUT2D eigenvalue weighted by molar-refractivity contribution is -0.0133. The molecule has 0 aliphatic heterocycles. The van der Waals surface area contributed by atoms with Crippen molar-refractivity contribution < 1.29 is 0 Å². The maximum Gasteiger partial charge on any atom is 0.0124 e. The third-order valence-corrected chi connectivity index (χ3v) is 4.78. The average molecular weight is 192 g/mol. The van der Waals surface area contributed by atoms with Gasteiger partial charge in [0.15, 0.2) is 0 Å². The smallest absolute Gasteiger partial charge is 0.0124 e. The fourth-order valence-electron chi connectivity index (χ4n) is 4.53. The second-order valence-electron chi connectivity index (χ2n) is 5.76. The summed E-state index contributed by atoms with van der Waals surface area (Å²) in [6.45, 7) is 5.06. The van der Waals surface area contributed by atoms with Crippen LogP contribution in [0.4, 0.5) is 0 Å². The Kier molecular flexibility index (Phi) is 2.31. The Bertz CT molecular complexity index is 183. The summed E-state index contributed by atoms with van der Waals surface area (Å²) >= 11 is 0. The number of rotatable bonds is 3. The molecule has 0 aromatic carbocycles. The largest absolute Gasteiger partial charge is 0.313 e. The van der Waals surface area contributed by atoms with Crippen molar-refractivity contribution in [1.29, 1.82) is 0 Å². The van der Waals surface area contributed by atoms with Gasteiger partial charge in [-0.2, -0.15) is 0 Å². The zero-order valence-corrected chi connectivity index (χ0v) is 9.04. The van der Waals surface area contributed by atoms with E-state index in [1.54, 1.807) is 6.42 Å². The van der Waals surface area contributed by atoms with E-state index < -0.39 is 0 Å². The zero-order chi connectivity index (χ0) is 9.54. The van der Waals surface area contributed by atoms with Gasteiger partial charge in [0.2, 0.25) is 0 Å². The van der Waals surface area contributed by atoms with E-state index in [0.29, 0.717) is 0 Å². The van der Waals surface area contributed by atoms with Crippen molar-refractivity contribution >= 4 is 0 Å². The number of nitrogens with one attached hydrogen (secondary N) is 1. The normalized spacial score (nSPS) is 49.9. The van der Waals surface area contributed by atoms with Crippen molar-refractivity contribution in [3.63, 3.8) is 0 Å². The van der Waals surface area contributed by atoms with Gasteiger partial charge < -0.3 is 5.32 Å². The van der Waals surface area contributed by atoms with Gasteiger partial charge in [0.05, 0.1) is 0 Å². The minimum absolute atomic E-state index is 0.865. The molecule has 4 saturated carbocycles. The predicted octanol–water partition coefficient (Wildman–Crippen LogP) is 2.62. The average Bonchev–Trinajstić information content (AvgIpc) is 2.15. The fourth-order valence-corrected chi connectivity index (χ4v) is 4.53. The Balaban J connectivity index is 1.69. The summed E-state index contributed by atoms with van der Waals surface area (Å²) in [5.41, 5.74) is 0. The molecule has 4 aliphatic carbocycles. The van der Waals surface area contributed by atoms with Crippen LogP contribution >= 0.6 is 0 Å². The van der Waals surface area contributed by atoms with Crippen LogP contribution in [0.3, 0.4) is 0 Å². The molecule has 0 atom stereocenters. The van der Waals surface area contributed by atoms with Crippen LogP contribution in [0, 0.1) is 30.6 Å². The molecular formula is C13H22N. The molecule has 0 amide bonds. The summed E-state index contributed by atoms with van der Waals surface area (Å²) < 4.78 is 0. The van der Waals surface area contributed by atoms with Gasteiger partial charge in [0.25, 0.3) is 0 Å². The van der Waals surface area contributed by atoms with E-state index in [0.717, 1.165) is 42.7 Å². The van der Waals surface area contributed by atoms with Crippen molar-refractivity contribution in [2.45, 2.75) is 44.6 Å². The van der Waals surface area contributed by atoms with Crippen LogP contribution in [0.15, 0.2) is 0 Å². The first-order valence-corrected chi connectivity index (χ1v) is 6.39. The molecule has 1 nitrogen and oxygen atoms in total. The second-order valence-corrected chi connectivity index (χ2v) is 5.76. The van der Waals surface area contributed by atoms with E-state index in [4.69, 9.17) is 0 Å². The maximum atomic E-state index is 3.93. The number of hydrogen-bond acceptors (Lipinski definition) is 1. The topological polar surface area (TPSA) is 12.0 Å². The summed E-state index contributed by atoms with van der Waals surface area (Å²) in [5, 5.41) is 3.75. The highest BCUT2D eigenvalue weighted by atomic mass is 14.9. The molecule has 1 heteroatoms. The molecule has 1 radical (unpaired) electrons. The molecular weight excluding hydrogens is 170 g/mol. The van der Waals surface area contributed by atoms with Gasteiger partial charge >= 0.3 is 0 Å². The molecule has 0 spiro atoms. The summed E-state index contributed by atoms with van der Waals surface area (Å²) in [4.78, 5) is 0. The molecule has 4 bridgehead atoms. The molecule has 0 saturated heterocycles. The number of hydrogen-bond donors (Lipinski definition) is 1. The lowest BCUT2D eigenvalue weighted by Gasteiger charge is -2.54. The minimum Gasteiger partial charge on any atom is -0.313 e. The molecule has 1 N–H and O–H groups in total.